The summed E-state index contributed by atoms with van der Waals surface area (Å²) in [4.78, 5) is 39.0. The maximum absolute atomic E-state index is 12.7. The van der Waals surface area contributed by atoms with E-state index in [0.29, 0.717) is 5.92 Å². The predicted octanol–water partition coefficient (Wildman–Crippen LogP) is 0.804. The summed E-state index contributed by atoms with van der Waals surface area (Å²) in [7, 11) is 2.82. The molecule has 0 atom stereocenters. The number of nitrogens with two attached hydrogens (primary N) is 1. The summed E-state index contributed by atoms with van der Waals surface area (Å²) < 4.78 is 2.07. The van der Waals surface area contributed by atoms with Crippen LogP contribution in [0.25, 0.3) is 0 Å². The number of carbonyl (C=O) groups excluding carboxylic acids is 1. The predicted molar refractivity (Wildman–Crippen MR) is 105 cm³/mol. The highest BCUT2D eigenvalue weighted by Crippen LogP contribution is 2.22. The molecule has 0 radical (unpaired) electrons. The topological polar surface area (TPSA) is 90.3 Å². The molecule has 1 aromatic carbocycles. The van der Waals surface area contributed by atoms with Gasteiger partial charge in [-0.05, 0) is 43.8 Å². The number of aromatic nitrogens is 2. The van der Waals surface area contributed by atoms with Crippen molar-refractivity contribution in [2.24, 2.45) is 20.0 Å². The first-order chi connectivity index (χ1) is 12.9. The molecule has 0 bridgehead atoms. The number of benzene rings is 1. The highest BCUT2D eigenvalue weighted by Gasteiger charge is 2.25. The minimum Gasteiger partial charge on any atom is -0.384 e. The SMILES string of the molecule is Cn1c(N)c(C(=O)CN2CCC(Cc3ccccc3)CC2)c(=O)n(C)c1=O. The number of anilines is 1. The molecular weight excluding hydrogens is 344 g/mol. The molecule has 0 spiro atoms. The number of rotatable bonds is 5. The van der Waals surface area contributed by atoms with Gasteiger partial charge in [0.05, 0.1) is 6.54 Å². The van der Waals surface area contributed by atoms with E-state index in [2.05, 4.69) is 29.2 Å². The van der Waals surface area contributed by atoms with Crippen LogP contribution in [0.5, 0.6) is 0 Å². The number of ketones is 1. The molecule has 27 heavy (non-hydrogen) atoms. The smallest absolute Gasteiger partial charge is 0.332 e. The van der Waals surface area contributed by atoms with Crippen LogP contribution in [-0.4, -0.2) is 39.5 Å². The quantitative estimate of drug-likeness (QED) is 0.787. The van der Waals surface area contributed by atoms with Crippen LogP contribution in [0.4, 0.5) is 5.82 Å². The molecule has 1 aromatic heterocycles. The standard InChI is InChI=1S/C20H26N4O3/c1-22-18(21)17(19(26)23(2)20(22)27)16(25)13-24-10-8-15(9-11-24)12-14-6-4-3-5-7-14/h3-7,15H,8-13,21H2,1-2H3. The molecule has 7 heteroatoms. The second-order valence-corrected chi connectivity index (χ2v) is 7.30. The van der Waals surface area contributed by atoms with E-state index in [0.717, 1.165) is 41.5 Å². The Morgan fingerprint density at radius 1 is 1.07 bits per heavy atom. The number of hydrogen-bond acceptors (Lipinski definition) is 5. The molecule has 1 fully saturated rings. The lowest BCUT2D eigenvalue weighted by Gasteiger charge is -2.31. The molecule has 2 heterocycles. The number of piperidine rings is 1. The van der Waals surface area contributed by atoms with Crippen LogP contribution in [-0.2, 0) is 20.5 Å². The average Bonchev–Trinajstić information content (AvgIpc) is 2.67. The van der Waals surface area contributed by atoms with Crippen LogP contribution in [0.2, 0.25) is 0 Å². The minimum absolute atomic E-state index is 0.0629. The van der Waals surface area contributed by atoms with Crippen molar-refractivity contribution in [3.63, 3.8) is 0 Å². The van der Waals surface area contributed by atoms with Gasteiger partial charge in [-0.15, -0.1) is 0 Å². The van der Waals surface area contributed by atoms with Crippen LogP contribution in [0.15, 0.2) is 39.9 Å². The van der Waals surface area contributed by atoms with Gasteiger partial charge in [-0.3, -0.25) is 23.6 Å². The highest BCUT2D eigenvalue weighted by atomic mass is 16.2. The number of nitrogen functional groups attached to an aromatic ring is 1. The van der Waals surface area contributed by atoms with Crippen molar-refractivity contribution in [3.05, 3.63) is 62.3 Å². The van der Waals surface area contributed by atoms with Crippen molar-refractivity contribution in [3.8, 4) is 0 Å². The van der Waals surface area contributed by atoms with Crippen molar-refractivity contribution < 1.29 is 4.79 Å². The van der Waals surface area contributed by atoms with E-state index in [1.807, 2.05) is 6.07 Å². The van der Waals surface area contributed by atoms with Gasteiger partial charge in [-0.1, -0.05) is 30.3 Å². The molecule has 144 valence electrons. The van der Waals surface area contributed by atoms with Crippen LogP contribution >= 0.6 is 0 Å². The number of hydrogen-bond donors (Lipinski definition) is 1. The fourth-order valence-electron chi connectivity index (χ4n) is 3.70. The number of carbonyl (C=O) groups is 1. The van der Waals surface area contributed by atoms with Crippen LogP contribution in [0.1, 0.15) is 28.8 Å². The van der Waals surface area contributed by atoms with Crippen molar-refractivity contribution in [2.75, 3.05) is 25.4 Å². The zero-order valence-corrected chi connectivity index (χ0v) is 15.9. The summed E-state index contributed by atoms with van der Waals surface area (Å²) in [6.07, 6.45) is 3.09. The molecule has 2 N–H and O–H groups in total. The van der Waals surface area contributed by atoms with Crippen LogP contribution < -0.4 is 17.0 Å². The third-order valence-corrected chi connectivity index (χ3v) is 5.43. The Bertz CT molecular complexity index is 938. The first-order valence-electron chi connectivity index (χ1n) is 9.23. The maximum atomic E-state index is 12.7. The molecule has 1 aliphatic rings. The molecule has 1 aliphatic heterocycles. The Balaban J connectivity index is 1.64. The van der Waals surface area contributed by atoms with E-state index in [-0.39, 0.29) is 23.7 Å². The fourth-order valence-corrected chi connectivity index (χ4v) is 3.70. The molecule has 7 nitrogen and oxygen atoms in total. The van der Waals surface area contributed by atoms with Gasteiger partial charge in [0.15, 0.2) is 5.78 Å². The van der Waals surface area contributed by atoms with Gasteiger partial charge >= 0.3 is 5.69 Å². The lowest BCUT2D eigenvalue weighted by atomic mass is 9.90. The van der Waals surface area contributed by atoms with Crippen molar-refractivity contribution in [1.82, 2.24) is 14.0 Å². The van der Waals surface area contributed by atoms with Crippen LogP contribution in [0.3, 0.4) is 0 Å². The molecule has 0 amide bonds. The molecular formula is C20H26N4O3. The molecule has 0 unspecified atom stereocenters. The Morgan fingerprint density at radius 2 is 1.70 bits per heavy atom. The van der Waals surface area contributed by atoms with Gasteiger partial charge in [-0.25, -0.2) is 4.79 Å². The van der Waals surface area contributed by atoms with Gasteiger partial charge in [0.25, 0.3) is 5.56 Å². The Labute approximate surface area is 158 Å². The normalized spacial score (nSPS) is 15.8. The number of nitrogens with zero attached hydrogens (tertiary/aromatic N) is 3. The molecule has 1 saturated heterocycles. The van der Waals surface area contributed by atoms with E-state index in [1.54, 1.807) is 0 Å². The zero-order valence-electron chi connectivity index (χ0n) is 15.9. The molecule has 3 rings (SSSR count). The zero-order chi connectivity index (χ0) is 19.6. The van der Waals surface area contributed by atoms with E-state index >= 15 is 0 Å². The lowest BCUT2D eigenvalue weighted by Crippen LogP contribution is -2.44. The molecule has 0 aliphatic carbocycles. The van der Waals surface area contributed by atoms with Crippen molar-refractivity contribution >= 4 is 11.6 Å². The van der Waals surface area contributed by atoms with Crippen LogP contribution in [0, 0.1) is 5.92 Å². The van der Waals surface area contributed by atoms with Gasteiger partial charge in [-0.2, -0.15) is 0 Å². The van der Waals surface area contributed by atoms with E-state index in [4.69, 9.17) is 5.73 Å². The van der Waals surface area contributed by atoms with Gasteiger partial charge < -0.3 is 5.73 Å². The van der Waals surface area contributed by atoms with Gasteiger partial charge in [0.1, 0.15) is 11.4 Å². The lowest BCUT2D eigenvalue weighted by molar-refractivity contribution is 0.0893. The fraction of sp³-hybridized carbons (Fsp3) is 0.450. The summed E-state index contributed by atoms with van der Waals surface area (Å²) in [5.41, 5.74) is 5.97. The van der Waals surface area contributed by atoms with Gasteiger partial charge in [0.2, 0.25) is 0 Å². The van der Waals surface area contributed by atoms with E-state index in [9.17, 15) is 14.4 Å². The largest absolute Gasteiger partial charge is 0.384 e. The molecule has 2 aromatic rings. The number of Topliss-reactive ketones (excluding diaryl/α,β-unsaturated/α-hetero) is 1. The summed E-state index contributed by atoms with van der Waals surface area (Å²) in [6.45, 7) is 1.78. The minimum atomic E-state index is -0.625. The van der Waals surface area contributed by atoms with E-state index in [1.165, 1.54) is 19.7 Å². The Kier molecular flexibility index (Phi) is 5.60. The summed E-state index contributed by atoms with van der Waals surface area (Å²) in [5.74, 6) is 0.214. The molecule has 0 saturated carbocycles. The Morgan fingerprint density at radius 3 is 2.33 bits per heavy atom. The van der Waals surface area contributed by atoms with Crippen molar-refractivity contribution in [1.29, 1.82) is 0 Å². The van der Waals surface area contributed by atoms with E-state index < -0.39 is 11.2 Å². The van der Waals surface area contributed by atoms with Crippen molar-refractivity contribution in [2.45, 2.75) is 19.3 Å². The number of likely N-dealkylation sites (tertiary alicyclic amines) is 1. The summed E-state index contributed by atoms with van der Waals surface area (Å²) in [5, 5.41) is 0. The second kappa shape index (κ2) is 7.92. The third kappa shape index (κ3) is 4.03. The average molecular weight is 370 g/mol. The van der Waals surface area contributed by atoms with Gasteiger partial charge in [0, 0.05) is 14.1 Å². The highest BCUT2D eigenvalue weighted by molar-refractivity contribution is 6.01. The summed E-state index contributed by atoms with van der Waals surface area (Å²) in [6, 6.07) is 10.4. The third-order valence-electron chi connectivity index (χ3n) is 5.43. The second-order valence-electron chi connectivity index (χ2n) is 7.30. The summed E-state index contributed by atoms with van der Waals surface area (Å²) >= 11 is 0. The first-order valence-corrected chi connectivity index (χ1v) is 9.23. The Hall–Kier alpha value is -2.67. The first kappa shape index (κ1) is 19.1. The monoisotopic (exact) mass is 370 g/mol. The maximum Gasteiger partial charge on any atom is 0.332 e.